The second-order valence-electron chi connectivity index (χ2n) is 4.83. The molecule has 7 heteroatoms. The van der Waals surface area contributed by atoms with Gasteiger partial charge in [-0.15, -0.1) is 0 Å². The van der Waals surface area contributed by atoms with Crippen molar-refractivity contribution >= 4 is 17.4 Å². The first-order valence-electron chi connectivity index (χ1n) is 6.63. The molecule has 0 saturated carbocycles. The van der Waals surface area contributed by atoms with Crippen LogP contribution in [0.15, 0.2) is 31.0 Å². The second kappa shape index (κ2) is 5.68. The molecule has 1 unspecified atom stereocenters. The summed E-state index contributed by atoms with van der Waals surface area (Å²) in [5, 5.41) is 9.36. The molecule has 0 radical (unpaired) electrons. The van der Waals surface area contributed by atoms with Crippen LogP contribution in [0.1, 0.15) is 12.8 Å². The zero-order chi connectivity index (χ0) is 13.8. The van der Waals surface area contributed by atoms with Crippen LogP contribution in [0.3, 0.4) is 0 Å². The Kier molecular flexibility index (Phi) is 3.58. The number of carbonyl (C=O) groups excluding carboxylic acids is 1. The smallest absolute Gasteiger partial charge is 0.229 e. The first-order chi connectivity index (χ1) is 9.83. The van der Waals surface area contributed by atoms with Gasteiger partial charge in [0.25, 0.3) is 0 Å². The van der Waals surface area contributed by atoms with E-state index in [1.54, 1.807) is 31.0 Å². The molecule has 2 aromatic rings. The summed E-state index contributed by atoms with van der Waals surface area (Å²) in [6.45, 7) is 1.58. The number of amides is 1. The van der Waals surface area contributed by atoms with Crippen molar-refractivity contribution in [2.24, 2.45) is 5.92 Å². The number of H-pyrrole nitrogens is 1. The highest BCUT2D eigenvalue weighted by Gasteiger charge is 2.26. The Morgan fingerprint density at radius 3 is 3.10 bits per heavy atom. The van der Waals surface area contributed by atoms with Crippen LogP contribution in [-0.4, -0.2) is 39.2 Å². The molecule has 1 saturated heterocycles. The number of aromatic amines is 1. The molecular formula is C13H16N6O. The Balaban J connectivity index is 1.64. The number of nitrogens with zero attached hydrogens (tertiary/aromatic N) is 4. The first-order valence-corrected chi connectivity index (χ1v) is 6.63. The topological polar surface area (TPSA) is 86.8 Å². The number of aromatic nitrogens is 4. The molecule has 104 valence electrons. The highest BCUT2D eigenvalue weighted by atomic mass is 16.1. The molecule has 20 heavy (non-hydrogen) atoms. The monoisotopic (exact) mass is 272 g/mol. The Morgan fingerprint density at radius 2 is 2.35 bits per heavy atom. The molecule has 2 aromatic heterocycles. The second-order valence-corrected chi connectivity index (χ2v) is 4.83. The molecule has 1 fully saturated rings. The van der Waals surface area contributed by atoms with E-state index in [4.69, 9.17) is 0 Å². The van der Waals surface area contributed by atoms with E-state index in [1.165, 1.54) is 0 Å². The predicted octanol–water partition coefficient (Wildman–Crippen LogP) is 1.05. The summed E-state index contributed by atoms with van der Waals surface area (Å²) >= 11 is 0. The Hall–Kier alpha value is -2.44. The third-order valence-electron chi connectivity index (χ3n) is 3.43. The van der Waals surface area contributed by atoms with E-state index in [0.29, 0.717) is 12.2 Å². The van der Waals surface area contributed by atoms with Crippen LogP contribution in [0.4, 0.5) is 11.5 Å². The Bertz CT molecular complexity index is 556. The van der Waals surface area contributed by atoms with Gasteiger partial charge in [-0.05, 0) is 12.8 Å². The van der Waals surface area contributed by atoms with Crippen LogP contribution in [0.5, 0.6) is 0 Å². The lowest BCUT2D eigenvalue weighted by molar-refractivity contribution is -0.120. The maximum Gasteiger partial charge on any atom is 0.229 e. The van der Waals surface area contributed by atoms with Crippen molar-refractivity contribution in [2.45, 2.75) is 12.8 Å². The molecular weight excluding hydrogens is 256 g/mol. The van der Waals surface area contributed by atoms with Gasteiger partial charge in [0.05, 0.1) is 24.0 Å². The fraction of sp³-hybridized carbons (Fsp3) is 0.385. The minimum Gasteiger partial charge on any atom is -0.355 e. The molecule has 3 rings (SSSR count). The van der Waals surface area contributed by atoms with E-state index in [2.05, 4.69) is 30.4 Å². The fourth-order valence-corrected chi connectivity index (χ4v) is 2.42. The van der Waals surface area contributed by atoms with Crippen LogP contribution in [0.25, 0.3) is 0 Å². The molecule has 0 aromatic carbocycles. The fourth-order valence-electron chi connectivity index (χ4n) is 2.42. The molecule has 0 aliphatic carbocycles. The lowest BCUT2D eigenvalue weighted by Crippen LogP contribution is -2.41. The number of carbonyl (C=O) groups is 1. The van der Waals surface area contributed by atoms with E-state index in [0.717, 1.165) is 25.2 Å². The van der Waals surface area contributed by atoms with Crippen molar-refractivity contribution in [1.82, 2.24) is 20.2 Å². The Morgan fingerprint density at radius 1 is 1.40 bits per heavy atom. The molecule has 2 N–H and O–H groups in total. The maximum atomic E-state index is 12.2. The van der Waals surface area contributed by atoms with E-state index in [-0.39, 0.29) is 11.8 Å². The van der Waals surface area contributed by atoms with E-state index in [1.807, 2.05) is 0 Å². The van der Waals surface area contributed by atoms with Crippen LogP contribution in [0, 0.1) is 5.92 Å². The van der Waals surface area contributed by atoms with Crippen molar-refractivity contribution in [3.8, 4) is 0 Å². The van der Waals surface area contributed by atoms with Gasteiger partial charge in [-0.2, -0.15) is 5.10 Å². The van der Waals surface area contributed by atoms with Crippen molar-refractivity contribution in [3.05, 3.63) is 31.0 Å². The minimum absolute atomic E-state index is 0.0278. The van der Waals surface area contributed by atoms with Crippen molar-refractivity contribution in [2.75, 3.05) is 23.3 Å². The van der Waals surface area contributed by atoms with Gasteiger partial charge in [-0.1, -0.05) is 0 Å². The van der Waals surface area contributed by atoms with Gasteiger partial charge < -0.3 is 10.2 Å². The van der Waals surface area contributed by atoms with Gasteiger partial charge in [0, 0.05) is 31.7 Å². The average Bonchev–Trinajstić information content (AvgIpc) is 3.01. The minimum atomic E-state index is -0.0411. The number of nitrogens with one attached hydrogen (secondary N) is 2. The highest BCUT2D eigenvalue weighted by molar-refractivity contribution is 5.92. The number of hydrogen-bond donors (Lipinski definition) is 2. The summed E-state index contributed by atoms with van der Waals surface area (Å²) in [5.74, 6) is 0.814. The molecule has 1 atom stereocenters. The summed E-state index contributed by atoms with van der Waals surface area (Å²) < 4.78 is 0. The molecule has 1 amide bonds. The first kappa shape index (κ1) is 12.6. The van der Waals surface area contributed by atoms with Crippen molar-refractivity contribution in [3.63, 3.8) is 0 Å². The van der Waals surface area contributed by atoms with Gasteiger partial charge in [0.2, 0.25) is 5.91 Å². The maximum absolute atomic E-state index is 12.2. The van der Waals surface area contributed by atoms with E-state index >= 15 is 0 Å². The lowest BCUT2D eigenvalue weighted by atomic mass is 9.97. The zero-order valence-corrected chi connectivity index (χ0v) is 11.0. The van der Waals surface area contributed by atoms with Gasteiger partial charge in [0.1, 0.15) is 5.82 Å². The zero-order valence-electron chi connectivity index (χ0n) is 11.0. The average molecular weight is 272 g/mol. The summed E-state index contributed by atoms with van der Waals surface area (Å²) in [6, 6.07) is 0. The van der Waals surface area contributed by atoms with E-state index < -0.39 is 0 Å². The van der Waals surface area contributed by atoms with Crippen LogP contribution < -0.4 is 10.2 Å². The lowest BCUT2D eigenvalue weighted by Gasteiger charge is -2.32. The van der Waals surface area contributed by atoms with Crippen molar-refractivity contribution < 1.29 is 4.79 Å². The summed E-state index contributed by atoms with van der Waals surface area (Å²) in [5.41, 5.74) is 0.701. The highest BCUT2D eigenvalue weighted by Crippen LogP contribution is 2.22. The predicted molar refractivity (Wildman–Crippen MR) is 74.2 cm³/mol. The summed E-state index contributed by atoms with van der Waals surface area (Å²) in [4.78, 5) is 22.7. The quantitative estimate of drug-likeness (QED) is 0.872. The van der Waals surface area contributed by atoms with Gasteiger partial charge >= 0.3 is 0 Å². The Labute approximate surface area is 116 Å². The largest absolute Gasteiger partial charge is 0.355 e. The standard InChI is InChI=1S/C13H16N6O/c20-13(18-11-6-16-17-7-11)10-2-1-5-19(9-10)12-8-14-3-4-15-12/h3-4,6-8,10H,1-2,5,9H2,(H,16,17)(H,18,20). The summed E-state index contributed by atoms with van der Waals surface area (Å²) in [6.07, 6.45) is 10.2. The van der Waals surface area contributed by atoms with Gasteiger partial charge in [-0.3, -0.25) is 14.9 Å². The number of piperidine rings is 1. The molecule has 7 nitrogen and oxygen atoms in total. The van der Waals surface area contributed by atoms with E-state index in [9.17, 15) is 4.79 Å². The SMILES string of the molecule is O=C(Nc1cn[nH]c1)C1CCCN(c2cnccn2)C1. The van der Waals surface area contributed by atoms with Gasteiger partial charge in [0.15, 0.2) is 0 Å². The molecule has 1 aliphatic rings. The van der Waals surface area contributed by atoms with Crippen molar-refractivity contribution in [1.29, 1.82) is 0 Å². The van der Waals surface area contributed by atoms with Gasteiger partial charge in [-0.25, -0.2) is 4.98 Å². The number of hydrogen-bond acceptors (Lipinski definition) is 5. The molecule has 0 bridgehead atoms. The summed E-state index contributed by atoms with van der Waals surface area (Å²) in [7, 11) is 0. The normalized spacial score (nSPS) is 18.8. The van der Waals surface area contributed by atoms with Crippen LogP contribution >= 0.6 is 0 Å². The number of anilines is 2. The third kappa shape index (κ3) is 2.76. The molecule has 1 aliphatic heterocycles. The third-order valence-corrected chi connectivity index (χ3v) is 3.43. The van der Waals surface area contributed by atoms with Crippen LogP contribution in [0.2, 0.25) is 0 Å². The number of rotatable bonds is 3. The molecule has 3 heterocycles. The van der Waals surface area contributed by atoms with Crippen LogP contribution in [-0.2, 0) is 4.79 Å². The molecule has 0 spiro atoms.